The van der Waals surface area contributed by atoms with Crippen LogP contribution in [0.15, 0.2) is 93.8 Å². The van der Waals surface area contributed by atoms with Crippen LogP contribution in [0.3, 0.4) is 0 Å². The molecule has 3 aromatic carbocycles. The van der Waals surface area contributed by atoms with E-state index in [-0.39, 0.29) is 116 Å². The number of piperazine rings is 3. The number of thiophene rings is 3. The predicted octanol–water partition coefficient (Wildman–Crippen LogP) is 7.38. The van der Waals surface area contributed by atoms with Crippen LogP contribution < -0.4 is 31.9 Å². The number of aryl methyl sites for hydroxylation is 3. The quantitative estimate of drug-likeness (QED) is 0.0383. The minimum Gasteiger partial charge on any atom is -0.353 e. The van der Waals surface area contributed by atoms with Crippen LogP contribution in [0.25, 0.3) is 0 Å². The van der Waals surface area contributed by atoms with Gasteiger partial charge in [0.2, 0.25) is 53.2 Å². The van der Waals surface area contributed by atoms with E-state index in [0.717, 1.165) is 210 Å². The molecule has 15 rings (SSSR count). The first-order valence-corrected chi connectivity index (χ1v) is 44.4. The number of para-hydroxylation sites is 2. The number of amidine groups is 3. The summed E-state index contributed by atoms with van der Waals surface area (Å²) in [5, 5.41) is 20.6. The van der Waals surface area contributed by atoms with Crippen molar-refractivity contribution in [3.05, 3.63) is 121 Å². The largest absolute Gasteiger partial charge is 0.353 e. The zero-order valence-corrected chi connectivity index (χ0v) is 71.7. The molecule has 6 aromatic rings. The smallest absolute Gasteiger partial charge is 0.243 e. The number of likely N-dealkylation sites (tertiary alicyclic amines) is 3. The highest BCUT2D eigenvalue weighted by Crippen LogP contribution is 2.44. The van der Waals surface area contributed by atoms with E-state index in [0.29, 0.717) is 13.1 Å². The molecule has 3 aromatic heterocycles. The number of likely N-dealkylation sites (N-methyl/N-ethyl adjacent to an activating group) is 3. The number of nitrogens with one attached hydrogen (secondary N) is 6. The Morgan fingerprint density at radius 3 is 1.18 bits per heavy atom. The van der Waals surface area contributed by atoms with Gasteiger partial charge in [0, 0.05) is 132 Å². The molecule has 9 aliphatic rings. The van der Waals surface area contributed by atoms with Gasteiger partial charge in [-0.3, -0.25) is 77.1 Å². The van der Waals surface area contributed by atoms with E-state index in [1.807, 2.05) is 67.7 Å². The predicted molar refractivity (Wildman–Crippen MR) is 463 cm³/mol. The third-order valence-corrected chi connectivity index (χ3v) is 27.8. The molecule has 4 unspecified atom stereocenters. The second-order valence-electron chi connectivity index (χ2n) is 30.3. The summed E-state index contributed by atoms with van der Waals surface area (Å²) in [4.78, 5) is 182. The van der Waals surface area contributed by atoms with Gasteiger partial charge in [0.25, 0.3) is 0 Å². The van der Waals surface area contributed by atoms with Crippen LogP contribution in [0.5, 0.6) is 0 Å². The highest BCUT2D eigenvalue weighted by Gasteiger charge is 2.43. The maximum Gasteiger partial charge on any atom is 0.243 e. The Morgan fingerprint density at radius 2 is 0.786 bits per heavy atom. The van der Waals surface area contributed by atoms with Crippen LogP contribution in [-0.2, 0) is 70.6 Å². The molecule has 12 heterocycles. The molecule has 0 radical (unpaired) electrons. The summed E-state index contributed by atoms with van der Waals surface area (Å²) in [6.07, 6.45) is 0.0512. The van der Waals surface area contributed by atoms with E-state index in [4.69, 9.17) is 15.0 Å². The molecule has 117 heavy (non-hydrogen) atoms. The number of carbonyl (C=O) groups excluding carboxylic acids is 12. The molecule has 36 heteroatoms. The van der Waals surface area contributed by atoms with Crippen LogP contribution in [0, 0.1) is 20.8 Å². The van der Waals surface area contributed by atoms with Crippen molar-refractivity contribution in [2.24, 2.45) is 15.0 Å². The van der Waals surface area contributed by atoms with Crippen LogP contribution in [0.1, 0.15) is 82.5 Å². The van der Waals surface area contributed by atoms with Crippen LogP contribution in [-0.4, -0.2) is 290 Å². The Kier molecular flexibility index (Phi) is 27.6. The topological polar surface area (TPSA) is 343 Å². The Bertz CT molecular complexity index is 4800. The fraction of sp³-hybridized carbons (Fsp3) is 0.444. The van der Waals surface area contributed by atoms with Gasteiger partial charge in [0.05, 0.1) is 83.8 Å². The fourth-order valence-corrected chi connectivity index (χ4v) is 20.2. The summed E-state index contributed by atoms with van der Waals surface area (Å²) in [6.45, 7) is 20.3. The number of Topliss-reactive ketones (excluding diaryl/α,β-unsaturated/α-hetero) is 3. The monoisotopic (exact) mass is 1700 g/mol. The molecule has 0 spiro atoms. The molecule has 618 valence electrons. The molecule has 0 saturated carbocycles. The lowest BCUT2D eigenvalue weighted by Gasteiger charge is -2.41. The summed E-state index contributed by atoms with van der Waals surface area (Å²) >= 11 is 8.58. The van der Waals surface area contributed by atoms with Crippen molar-refractivity contribution >= 4 is 206 Å². The van der Waals surface area contributed by atoms with Crippen LogP contribution in [0.4, 0.5) is 49.1 Å². The molecular weight excluding hydrogens is 1610 g/mol. The number of fused-ring (bicyclic) bond motifs is 6. The molecule has 0 aliphatic carbocycles. The number of benzene rings is 3. The van der Waals surface area contributed by atoms with Gasteiger partial charge in [-0.25, -0.2) is 15.0 Å². The summed E-state index contributed by atoms with van der Waals surface area (Å²) in [5.74, 6) is -0.404. The third-order valence-electron chi connectivity index (χ3n) is 20.9. The lowest BCUT2D eigenvalue weighted by Crippen LogP contribution is -2.57. The first-order valence-electron chi connectivity index (χ1n) is 38.8. The van der Waals surface area contributed by atoms with E-state index < -0.39 is 45.3 Å². The number of amides is 9. The van der Waals surface area contributed by atoms with Gasteiger partial charge in [-0.15, -0.1) is 69.3 Å². The van der Waals surface area contributed by atoms with Gasteiger partial charge in [0.1, 0.15) is 69.5 Å². The zero-order valence-electron chi connectivity index (χ0n) is 66.8. The van der Waals surface area contributed by atoms with Crippen molar-refractivity contribution in [2.75, 3.05) is 153 Å². The van der Waals surface area contributed by atoms with Gasteiger partial charge in [0.15, 0.2) is 0 Å². The first-order chi connectivity index (χ1) is 56.0. The van der Waals surface area contributed by atoms with Crippen molar-refractivity contribution < 1.29 is 57.5 Å². The number of thioether (sulfide) groups is 3. The summed E-state index contributed by atoms with van der Waals surface area (Å²) < 4.78 is 0. The molecule has 0 bridgehead atoms. The summed E-state index contributed by atoms with van der Waals surface area (Å²) in [6, 6.07) is 26.3. The molecular formula is C81H96N18O12S6. The third kappa shape index (κ3) is 21.1. The lowest BCUT2D eigenvalue weighted by molar-refractivity contribution is -0.142. The van der Waals surface area contributed by atoms with Gasteiger partial charge in [-0.1, -0.05) is 24.3 Å². The fourth-order valence-electron chi connectivity index (χ4n) is 14.5. The van der Waals surface area contributed by atoms with Crippen molar-refractivity contribution in [3.63, 3.8) is 0 Å². The standard InChI is InChI=1S/3C27H32N6O4S2/c2*1-16(34)15-38-22-12-24(36)33(27(22)37)14-23(35)28-13-18-4-5-20-21(11-18)29-25(32-8-6-31(3)7-9-32)19-10-17(2)39-26(19)30-20;1-16(34)15-38-22-11-24(36)33(27(22)37)14-23(35)28-12-18-13-32(9-8-31(18)3)25-19-10-17(2)39-26(19)30-21-7-5-4-6-20(21)29-25/h2*4-5,10-11,22,30H,6-9,12-15H2,1-3H3,(H,28,35);4-7,10,18,22,30H,8-9,11-15H2,1-3H3,(H,28,35). The van der Waals surface area contributed by atoms with Gasteiger partial charge < -0.3 is 56.4 Å². The van der Waals surface area contributed by atoms with Crippen molar-refractivity contribution in [1.29, 1.82) is 0 Å². The molecule has 9 aliphatic heterocycles. The summed E-state index contributed by atoms with van der Waals surface area (Å²) in [5.41, 5.74) is 10.3. The molecule has 6 fully saturated rings. The number of hydrogen-bond donors (Lipinski definition) is 6. The number of ketones is 3. The number of nitrogens with zero attached hydrogens (tertiary/aromatic N) is 12. The van der Waals surface area contributed by atoms with Crippen LogP contribution in [0.2, 0.25) is 0 Å². The highest BCUT2D eigenvalue weighted by atomic mass is 32.2. The van der Waals surface area contributed by atoms with E-state index in [9.17, 15) is 57.5 Å². The van der Waals surface area contributed by atoms with Crippen molar-refractivity contribution in [2.45, 2.75) is 95.7 Å². The number of imide groups is 3. The number of carbonyl (C=O) groups is 12. The Hall–Kier alpha value is -9.66. The average molecular weight is 1710 g/mol. The molecule has 4 atom stereocenters. The van der Waals surface area contributed by atoms with Gasteiger partial charge >= 0.3 is 0 Å². The second kappa shape index (κ2) is 37.9. The van der Waals surface area contributed by atoms with Gasteiger partial charge in [-0.2, -0.15) is 0 Å². The second-order valence-corrected chi connectivity index (χ2v) is 37.6. The molecule has 6 saturated heterocycles. The SMILES string of the molecule is CC(=O)CSC1CC(=O)N(CC(=O)NCC2CN(C3=Nc4ccccc4Nc4sc(C)cc43)CCN2C)C1=O.CC(=O)CSC1CC(=O)N(CC(=O)NCc2ccc3c(c2)N=C(N2CCN(C)CC2)c2cc(C)sc2N3)C1=O.CC(=O)CSC1CC(=O)N(CC(=O)NCc2ccc3c(c2)N=C(N2CCN(C)CC2)c2cc(C)sc2N3)C1=O. The van der Waals surface area contributed by atoms with Gasteiger partial charge in [-0.05, 0) is 128 Å². The number of aliphatic imine (C=N–C) groups is 3. The minimum atomic E-state index is -0.606. The normalized spacial score (nSPS) is 19.9. The Morgan fingerprint density at radius 1 is 0.436 bits per heavy atom. The summed E-state index contributed by atoms with van der Waals surface area (Å²) in [7, 11) is 6.29. The maximum atomic E-state index is 12.8. The van der Waals surface area contributed by atoms with Crippen LogP contribution >= 0.6 is 69.3 Å². The average Bonchev–Trinajstić information content (AvgIpc) is 1.64. The molecule has 6 N–H and O–H groups in total. The highest BCUT2D eigenvalue weighted by molar-refractivity contribution is 8.01. The van der Waals surface area contributed by atoms with E-state index in [2.05, 4.69) is 114 Å². The Labute approximate surface area is 703 Å². The zero-order chi connectivity index (χ0) is 83.0. The lowest BCUT2D eigenvalue weighted by atomic mass is 10.1. The van der Waals surface area contributed by atoms with Crippen molar-refractivity contribution in [3.8, 4) is 0 Å². The van der Waals surface area contributed by atoms with E-state index in [1.54, 1.807) is 34.0 Å². The number of anilines is 6. The molecule has 30 nitrogen and oxygen atoms in total. The number of rotatable bonds is 21. The Balaban J connectivity index is 0.000000152. The van der Waals surface area contributed by atoms with E-state index in [1.165, 1.54) is 35.4 Å². The number of hydrogen-bond acceptors (Lipinski definition) is 30. The van der Waals surface area contributed by atoms with E-state index >= 15 is 0 Å². The first kappa shape index (κ1) is 85.2. The maximum absolute atomic E-state index is 12.8. The molecule has 9 amide bonds. The minimum absolute atomic E-state index is 0.0144. The van der Waals surface area contributed by atoms with Crippen molar-refractivity contribution in [1.82, 2.24) is 60.0 Å².